The van der Waals surface area contributed by atoms with E-state index in [1.807, 2.05) is 19.0 Å². The van der Waals surface area contributed by atoms with E-state index in [0.29, 0.717) is 36.8 Å². The molecule has 20 heavy (non-hydrogen) atoms. The second-order valence-corrected chi connectivity index (χ2v) is 4.63. The number of nitrogens with zero attached hydrogens (tertiary/aromatic N) is 1. The summed E-state index contributed by atoms with van der Waals surface area (Å²) in [5, 5.41) is 2.78. The maximum absolute atomic E-state index is 12.0. The van der Waals surface area contributed by atoms with Crippen LogP contribution < -0.4 is 15.8 Å². The Bertz CT molecular complexity index is 436. The molecule has 0 spiro atoms. The summed E-state index contributed by atoms with van der Waals surface area (Å²) < 4.78 is 10.5. The molecule has 1 aromatic carbocycles. The van der Waals surface area contributed by atoms with Gasteiger partial charge in [-0.2, -0.15) is 0 Å². The SMILES string of the molecule is COc1ccc(N)cc1C(=O)NCCOCCN(C)C. The van der Waals surface area contributed by atoms with Gasteiger partial charge in [0.1, 0.15) is 5.75 Å². The average Bonchev–Trinajstić information content (AvgIpc) is 2.42. The van der Waals surface area contributed by atoms with Crippen molar-refractivity contribution in [1.29, 1.82) is 0 Å². The summed E-state index contributed by atoms with van der Waals surface area (Å²) in [7, 11) is 5.49. The van der Waals surface area contributed by atoms with Crippen LogP contribution in [0.3, 0.4) is 0 Å². The molecular formula is C14H23N3O3. The van der Waals surface area contributed by atoms with Gasteiger partial charge in [0.25, 0.3) is 5.91 Å². The molecular weight excluding hydrogens is 258 g/mol. The number of carbonyl (C=O) groups excluding carboxylic acids is 1. The van der Waals surface area contributed by atoms with Crippen molar-refractivity contribution in [2.45, 2.75) is 0 Å². The molecule has 0 fully saturated rings. The van der Waals surface area contributed by atoms with Gasteiger partial charge in [0, 0.05) is 18.8 Å². The number of hydrogen-bond acceptors (Lipinski definition) is 5. The molecule has 0 aromatic heterocycles. The number of ether oxygens (including phenoxy) is 2. The van der Waals surface area contributed by atoms with Gasteiger partial charge in [0.15, 0.2) is 0 Å². The van der Waals surface area contributed by atoms with Crippen molar-refractivity contribution in [3.05, 3.63) is 23.8 Å². The van der Waals surface area contributed by atoms with Gasteiger partial charge in [0.05, 0.1) is 25.9 Å². The number of likely N-dealkylation sites (N-methyl/N-ethyl adjacent to an activating group) is 1. The molecule has 0 aliphatic heterocycles. The predicted octanol–water partition coefficient (Wildman–Crippen LogP) is 0.585. The number of anilines is 1. The van der Waals surface area contributed by atoms with Crippen LogP contribution in [0.2, 0.25) is 0 Å². The Hall–Kier alpha value is -1.79. The first-order valence-electron chi connectivity index (χ1n) is 6.48. The Labute approximate surface area is 119 Å². The van der Waals surface area contributed by atoms with Crippen LogP contribution in [-0.4, -0.2) is 58.3 Å². The van der Waals surface area contributed by atoms with Crippen molar-refractivity contribution in [3.8, 4) is 5.75 Å². The molecule has 0 bridgehead atoms. The zero-order valence-electron chi connectivity index (χ0n) is 12.3. The number of nitrogen functional groups attached to an aromatic ring is 1. The highest BCUT2D eigenvalue weighted by atomic mass is 16.5. The van der Waals surface area contributed by atoms with E-state index in [0.717, 1.165) is 6.54 Å². The zero-order chi connectivity index (χ0) is 15.0. The van der Waals surface area contributed by atoms with Gasteiger partial charge in [-0.3, -0.25) is 4.79 Å². The lowest BCUT2D eigenvalue weighted by Crippen LogP contribution is -2.28. The second-order valence-electron chi connectivity index (χ2n) is 4.63. The van der Waals surface area contributed by atoms with Crippen LogP contribution in [0.5, 0.6) is 5.75 Å². The van der Waals surface area contributed by atoms with Crippen molar-refractivity contribution < 1.29 is 14.3 Å². The second kappa shape index (κ2) is 8.39. The van der Waals surface area contributed by atoms with E-state index in [1.54, 1.807) is 18.2 Å². The summed E-state index contributed by atoms with van der Waals surface area (Å²) in [6, 6.07) is 4.97. The molecule has 112 valence electrons. The molecule has 0 radical (unpaired) electrons. The summed E-state index contributed by atoms with van der Waals surface area (Å²) in [6.45, 7) is 2.43. The highest BCUT2D eigenvalue weighted by molar-refractivity contribution is 5.97. The molecule has 0 aliphatic rings. The lowest BCUT2D eigenvalue weighted by atomic mass is 10.1. The molecule has 0 saturated carbocycles. The lowest BCUT2D eigenvalue weighted by Gasteiger charge is -2.11. The zero-order valence-corrected chi connectivity index (χ0v) is 12.3. The molecule has 6 heteroatoms. The van der Waals surface area contributed by atoms with Crippen molar-refractivity contribution in [1.82, 2.24) is 10.2 Å². The molecule has 6 nitrogen and oxygen atoms in total. The summed E-state index contributed by atoms with van der Waals surface area (Å²) >= 11 is 0. The Kier molecular flexibility index (Phi) is 6.83. The van der Waals surface area contributed by atoms with Crippen molar-refractivity contribution in [3.63, 3.8) is 0 Å². The van der Waals surface area contributed by atoms with Gasteiger partial charge in [-0.15, -0.1) is 0 Å². The van der Waals surface area contributed by atoms with E-state index in [4.69, 9.17) is 15.2 Å². The minimum atomic E-state index is -0.217. The van der Waals surface area contributed by atoms with Gasteiger partial charge in [-0.05, 0) is 32.3 Å². The summed E-state index contributed by atoms with van der Waals surface area (Å²) in [5.74, 6) is 0.288. The number of methoxy groups -OCH3 is 1. The van der Waals surface area contributed by atoms with E-state index >= 15 is 0 Å². The van der Waals surface area contributed by atoms with Crippen LogP contribution in [0.1, 0.15) is 10.4 Å². The number of rotatable bonds is 8. The fourth-order valence-electron chi connectivity index (χ4n) is 1.58. The first-order valence-corrected chi connectivity index (χ1v) is 6.48. The minimum Gasteiger partial charge on any atom is -0.496 e. The number of nitrogens with one attached hydrogen (secondary N) is 1. The minimum absolute atomic E-state index is 0.217. The Morgan fingerprint density at radius 2 is 2.10 bits per heavy atom. The Balaban J connectivity index is 2.37. The largest absolute Gasteiger partial charge is 0.496 e. The maximum atomic E-state index is 12.0. The summed E-state index contributed by atoms with van der Waals surface area (Å²) in [5.41, 5.74) is 6.64. The molecule has 1 aromatic rings. The molecule has 0 atom stereocenters. The fraction of sp³-hybridized carbons (Fsp3) is 0.500. The smallest absolute Gasteiger partial charge is 0.255 e. The molecule has 3 N–H and O–H groups in total. The third kappa shape index (κ3) is 5.46. The molecule has 0 aliphatic carbocycles. The molecule has 0 saturated heterocycles. The highest BCUT2D eigenvalue weighted by Crippen LogP contribution is 2.20. The summed E-state index contributed by atoms with van der Waals surface area (Å²) in [4.78, 5) is 14.0. The third-order valence-electron chi connectivity index (χ3n) is 2.68. The topological polar surface area (TPSA) is 76.8 Å². The van der Waals surface area contributed by atoms with Crippen LogP contribution >= 0.6 is 0 Å². The van der Waals surface area contributed by atoms with Crippen LogP contribution in [0, 0.1) is 0 Å². The lowest BCUT2D eigenvalue weighted by molar-refractivity contribution is 0.0897. The van der Waals surface area contributed by atoms with Gasteiger partial charge >= 0.3 is 0 Å². The van der Waals surface area contributed by atoms with Crippen LogP contribution in [0.15, 0.2) is 18.2 Å². The van der Waals surface area contributed by atoms with Gasteiger partial charge in [-0.25, -0.2) is 0 Å². The van der Waals surface area contributed by atoms with Gasteiger partial charge < -0.3 is 25.4 Å². The average molecular weight is 281 g/mol. The monoisotopic (exact) mass is 281 g/mol. The molecule has 0 unspecified atom stereocenters. The van der Waals surface area contributed by atoms with Crippen molar-refractivity contribution in [2.24, 2.45) is 0 Å². The number of carbonyl (C=O) groups is 1. The normalized spacial score (nSPS) is 10.6. The summed E-state index contributed by atoms with van der Waals surface area (Å²) in [6.07, 6.45) is 0. The highest BCUT2D eigenvalue weighted by Gasteiger charge is 2.11. The van der Waals surface area contributed by atoms with Crippen LogP contribution in [-0.2, 0) is 4.74 Å². The van der Waals surface area contributed by atoms with Gasteiger partial charge in [0.2, 0.25) is 0 Å². The van der Waals surface area contributed by atoms with Gasteiger partial charge in [-0.1, -0.05) is 0 Å². The third-order valence-corrected chi connectivity index (χ3v) is 2.68. The standard InChI is InChI=1S/C14H23N3O3/c1-17(2)7-9-20-8-6-16-14(18)12-10-11(15)4-5-13(12)19-3/h4-5,10H,6-9,15H2,1-3H3,(H,16,18). The van der Waals surface area contributed by atoms with E-state index in [-0.39, 0.29) is 5.91 Å². The first-order chi connectivity index (χ1) is 9.54. The molecule has 1 amide bonds. The van der Waals surface area contributed by atoms with E-state index in [2.05, 4.69) is 5.32 Å². The number of nitrogens with two attached hydrogens (primary N) is 1. The fourth-order valence-corrected chi connectivity index (χ4v) is 1.58. The van der Waals surface area contributed by atoms with Crippen molar-refractivity contribution >= 4 is 11.6 Å². The molecule has 0 heterocycles. The predicted molar refractivity (Wildman–Crippen MR) is 79.1 cm³/mol. The Morgan fingerprint density at radius 3 is 2.75 bits per heavy atom. The quantitative estimate of drug-likeness (QED) is 0.538. The maximum Gasteiger partial charge on any atom is 0.255 e. The number of benzene rings is 1. The number of amides is 1. The molecule has 1 rings (SSSR count). The van der Waals surface area contributed by atoms with E-state index < -0.39 is 0 Å². The van der Waals surface area contributed by atoms with Crippen LogP contribution in [0.25, 0.3) is 0 Å². The van der Waals surface area contributed by atoms with E-state index in [1.165, 1.54) is 7.11 Å². The first kappa shape index (κ1) is 16.3. The Morgan fingerprint density at radius 1 is 1.35 bits per heavy atom. The van der Waals surface area contributed by atoms with Crippen molar-refractivity contribution in [2.75, 3.05) is 53.2 Å². The van der Waals surface area contributed by atoms with E-state index in [9.17, 15) is 4.79 Å². The van der Waals surface area contributed by atoms with Crippen LogP contribution in [0.4, 0.5) is 5.69 Å². The number of hydrogen-bond donors (Lipinski definition) is 2.